The van der Waals surface area contributed by atoms with Gasteiger partial charge >= 0.3 is 0 Å². The first-order valence-electron chi connectivity index (χ1n) is 7.90. The molecule has 0 unspecified atom stereocenters. The maximum absolute atomic E-state index is 12.7. The number of hydrogen-bond donors (Lipinski definition) is 1. The molecule has 1 aromatic carbocycles. The van der Waals surface area contributed by atoms with E-state index in [9.17, 15) is 4.79 Å². The van der Waals surface area contributed by atoms with E-state index in [0.29, 0.717) is 16.5 Å². The zero-order chi connectivity index (χ0) is 17.6. The van der Waals surface area contributed by atoms with Crippen molar-refractivity contribution in [1.82, 2.24) is 24.5 Å². The van der Waals surface area contributed by atoms with Gasteiger partial charge in [-0.2, -0.15) is 0 Å². The van der Waals surface area contributed by atoms with E-state index in [0.717, 1.165) is 16.6 Å². The number of fused-ring (bicyclic) bond motifs is 2. The normalized spacial score (nSPS) is 12.6. The van der Waals surface area contributed by atoms with Gasteiger partial charge in [0, 0.05) is 29.2 Å². The Morgan fingerprint density at radius 3 is 2.88 bits per heavy atom. The van der Waals surface area contributed by atoms with Crippen molar-refractivity contribution in [3.63, 3.8) is 0 Å². The number of carbonyl (C=O) groups excluding carboxylic acids is 1. The number of nitrogens with one attached hydrogen (secondary N) is 1. The van der Waals surface area contributed by atoms with Crippen LogP contribution in [0.4, 0.5) is 0 Å². The van der Waals surface area contributed by atoms with E-state index in [4.69, 9.17) is 11.6 Å². The van der Waals surface area contributed by atoms with Crippen LogP contribution in [0.25, 0.3) is 16.6 Å². The minimum absolute atomic E-state index is 0.171. The van der Waals surface area contributed by atoms with Crippen LogP contribution in [0, 0.1) is 0 Å². The highest BCUT2D eigenvalue weighted by molar-refractivity contribution is 6.31. The summed E-state index contributed by atoms with van der Waals surface area (Å²) in [5.41, 5.74) is 2.27. The zero-order valence-corrected chi connectivity index (χ0v) is 14.5. The Kier molecular flexibility index (Phi) is 3.69. The molecule has 126 valence electrons. The van der Waals surface area contributed by atoms with E-state index < -0.39 is 0 Å². The summed E-state index contributed by atoms with van der Waals surface area (Å²) >= 11 is 6.04. The van der Waals surface area contributed by atoms with Gasteiger partial charge in [0.15, 0.2) is 11.5 Å². The first-order chi connectivity index (χ1) is 12.0. The standard InChI is InChI=1S/C18H16ClN5O/c1-11(17-22-21-16-5-3-4-8-24(16)17)20-18(25)15-10-12-9-13(19)6-7-14(12)23(15)2/h3-11H,1-2H3,(H,20,25)/t11-/m1/s1. The molecule has 0 saturated carbocycles. The van der Waals surface area contributed by atoms with E-state index >= 15 is 0 Å². The second-order valence-corrected chi connectivity index (χ2v) is 6.41. The third kappa shape index (κ3) is 2.64. The van der Waals surface area contributed by atoms with Gasteiger partial charge in [-0.05, 0) is 43.3 Å². The Bertz CT molecular complexity index is 1100. The summed E-state index contributed by atoms with van der Waals surface area (Å²) in [5.74, 6) is 0.515. The lowest BCUT2D eigenvalue weighted by Gasteiger charge is -2.13. The van der Waals surface area contributed by atoms with Crippen molar-refractivity contribution in [2.75, 3.05) is 0 Å². The number of amides is 1. The van der Waals surface area contributed by atoms with Gasteiger partial charge in [0.2, 0.25) is 0 Å². The molecule has 0 saturated heterocycles. The van der Waals surface area contributed by atoms with E-state index in [-0.39, 0.29) is 11.9 Å². The highest BCUT2D eigenvalue weighted by Gasteiger charge is 2.19. The van der Waals surface area contributed by atoms with E-state index in [1.807, 2.05) is 71.6 Å². The summed E-state index contributed by atoms with van der Waals surface area (Å²) in [6.45, 7) is 1.89. The molecular formula is C18H16ClN5O. The van der Waals surface area contributed by atoms with E-state index in [1.54, 1.807) is 0 Å². The molecule has 3 aromatic heterocycles. The molecule has 25 heavy (non-hydrogen) atoms. The lowest BCUT2D eigenvalue weighted by Crippen LogP contribution is -2.29. The number of aromatic nitrogens is 4. The second-order valence-electron chi connectivity index (χ2n) is 5.97. The van der Waals surface area contributed by atoms with Gasteiger partial charge in [-0.3, -0.25) is 9.20 Å². The van der Waals surface area contributed by atoms with Crippen molar-refractivity contribution < 1.29 is 4.79 Å². The summed E-state index contributed by atoms with van der Waals surface area (Å²) in [6, 6.07) is 12.8. The molecule has 1 amide bonds. The molecule has 0 spiro atoms. The minimum atomic E-state index is -0.286. The molecular weight excluding hydrogens is 338 g/mol. The number of benzene rings is 1. The van der Waals surface area contributed by atoms with Gasteiger partial charge in [0.25, 0.3) is 5.91 Å². The molecule has 1 N–H and O–H groups in total. The maximum Gasteiger partial charge on any atom is 0.268 e. The Morgan fingerprint density at radius 2 is 2.04 bits per heavy atom. The average molecular weight is 354 g/mol. The van der Waals surface area contributed by atoms with E-state index in [1.165, 1.54) is 0 Å². The molecule has 4 rings (SSSR count). The highest BCUT2D eigenvalue weighted by Crippen LogP contribution is 2.23. The van der Waals surface area contributed by atoms with Crippen molar-refractivity contribution in [3.05, 3.63) is 65.2 Å². The van der Waals surface area contributed by atoms with Crippen LogP contribution < -0.4 is 5.32 Å². The summed E-state index contributed by atoms with van der Waals surface area (Å²) in [5, 5.41) is 12.9. The van der Waals surface area contributed by atoms with Gasteiger partial charge in [0.1, 0.15) is 5.69 Å². The summed E-state index contributed by atoms with van der Waals surface area (Å²) in [4.78, 5) is 12.7. The van der Waals surface area contributed by atoms with Crippen molar-refractivity contribution >= 4 is 34.1 Å². The largest absolute Gasteiger partial charge is 0.341 e. The van der Waals surface area contributed by atoms with Crippen molar-refractivity contribution in [2.45, 2.75) is 13.0 Å². The Labute approximate surface area is 149 Å². The average Bonchev–Trinajstić information content (AvgIpc) is 3.16. The van der Waals surface area contributed by atoms with Gasteiger partial charge < -0.3 is 9.88 Å². The number of pyridine rings is 1. The van der Waals surface area contributed by atoms with Crippen molar-refractivity contribution in [1.29, 1.82) is 0 Å². The Balaban J connectivity index is 1.64. The molecule has 7 heteroatoms. The number of carbonyl (C=O) groups is 1. The number of halogens is 1. The topological polar surface area (TPSA) is 64.2 Å². The second kappa shape index (κ2) is 5.89. The number of rotatable bonds is 3. The zero-order valence-electron chi connectivity index (χ0n) is 13.8. The molecule has 4 aromatic rings. The fraction of sp³-hybridized carbons (Fsp3) is 0.167. The minimum Gasteiger partial charge on any atom is -0.341 e. The third-order valence-electron chi connectivity index (χ3n) is 4.31. The smallest absolute Gasteiger partial charge is 0.268 e. The lowest BCUT2D eigenvalue weighted by molar-refractivity contribution is 0.0930. The van der Waals surface area contributed by atoms with Crippen LogP contribution in [0.5, 0.6) is 0 Å². The van der Waals surface area contributed by atoms with Gasteiger partial charge in [0.05, 0.1) is 6.04 Å². The first-order valence-corrected chi connectivity index (χ1v) is 8.28. The molecule has 3 heterocycles. The quantitative estimate of drug-likeness (QED) is 0.614. The number of nitrogens with zero attached hydrogens (tertiary/aromatic N) is 4. The fourth-order valence-electron chi connectivity index (χ4n) is 3.03. The van der Waals surface area contributed by atoms with Crippen LogP contribution in [0.15, 0.2) is 48.7 Å². The molecule has 0 radical (unpaired) electrons. The highest BCUT2D eigenvalue weighted by atomic mass is 35.5. The van der Waals surface area contributed by atoms with Gasteiger partial charge in [-0.25, -0.2) is 0 Å². The predicted molar refractivity (Wildman–Crippen MR) is 96.8 cm³/mol. The van der Waals surface area contributed by atoms with E-state index in [2.05, 4.69) is 15.5 Å². The SMILES string of the molecule is C[C@@H](NC(=O)c1cc2cc(Cl)ccc2n1C)c1nnc2ccccn12. The molecule has 0 bridgehead atoms. The van der Waals surface area contributed by atoms with Crippen LogP contribution >= 0.6 is 11.6 Å². The molecule has 6 nitrogen and oxygen atoms in total. The maximum atomic E-state index is 12.7. The van der Waals surface area contributed by atoms with Crippen LogP contribution in [0.2, 0.25) is 5.02 Å². The number of hydrogen-bond acceptors (Lipinski definition) is 3. The Hall–Kier alpha value is -2.86. The molecule has 0 fully saturated rings. The first kappa shape index (κ1) is 15.7. The lowest BCUT2D eigenvalue weighted by atomic mass is 10.2. The van der Waals surface area contributed by atoms with Crippen molar-refractivity contribution in [3.8, 4) is 0 Å². The van der Waals surface area contributed by atoms with Crippen LogP contribution in [-0.2, 0) is 7.05 Å². The van der Waals surface area contributed by atoms with Gasteiger partial charge in [-0.15, -0.1) is 10.2 Å². The summed E-state index contributed by atoms with van der Waals surface area (Å²) in [7, 11) is 1.86. The summed E-state index contributed by atoms with van der Waals surface area (Å²) < 4.78 is 3.72. The van der Waals surface area contributed by atoms with Gasteiger partial charge in [-0.1, -0.05) is 17.7 Å². The van der Waals surface area contributed by atoms with Crippen LogP contribution in [0.3, 0.4) is 0 Å². The molecule has 1 atom stereocenters. The third-order valence-corrected chi connectivity index (χ3v) is 4.55. The predicted octanol–water partition coefficient (Wildman–Crippen LogP) is 3.37. The van der Waals surface area contributed by atoms with Crippen LogP contribution in [-0.4, -0.2) is 25.1 Å². The van der Waals surface area contributed by atoms with Crippen LogP contribution in [0.1, 0.15) is 29.3 Å². The molecule has 0 aliphatic heterocycles. The summed E-state index contributed by atoms with van der Waals surface area (Å²) in [6.07, 6.45) is 1.88. The van der Waals surface area contributed by atoms with Crippen molar-refractivity contribution in [2.24, 2.45) is 7.05 Å². The monoisotopic (exact) mass is 353 g/mol. The fourth-order valence-corrected chi connectivity index (χ4v) is 3.21. The Morgan fingerprint density at radius 1 is 1.20 bits per heavy atom. The molecule has 0 aliphatic carbocycles. The number of aryl methyl sites for hydroxylation is 1. The molecule has 0 aliphatic rings.